The number of hydrogen-bond acceptors (Lipinski definition) is 7. The third kappa shape index (κ3) is 4.89. The third-order valence-electron chi connectivity index (χ3n) is 7.74. The van der Waals surface area contributed by atoms with Crippen LogP contribution in [0.1, 0.15) is 68.0 Å². The molecule has 0 aliphatic carbocycles. The molecule has 1 N–H and O–H groups in total. The molecule has 0 unspecified atom stereocenters. The van der Waals surface area contributed by atoms with Gasteiger partial charge in [0.05, 0.1) is 35.7 Å². The number of pyridine rings is 1. The van der Waals surface area contributed by atoms with Crippen molar-refractivity contribution < 1.29 is 18.4 Å². The number of rotatable bonds is 7. The van der Waals surface area contributed by atoms with E-state index in [0.717, 1.165) is 5.69 Å². The van der Waals surface area contributed by atoms with E-state index in [-0.39, 0.29) is 36.9 Å². The van der Waals surface area contributed by atoms with Gasteiger partial charge in [0, 0.05) is 56.3 Å². The summed E-state index contributed by atoms with van der Waals surface area (Å²) in [4.78, 5) is 36.5. The molecular formula is C27H35F2N7O2. The summed E-state index contributed by atoms with van der Waals surface area (Å²) in [5, 5.41) is 11.5. The maximum Gasteiger partial charge on any atom is 0.291 e. The second-order valence-electron chi connectivity index (χ2n) is 11.4. The Morgan fingerprint density at radius 2 is 2.08 bits per heavy atom. The van der Waals surface area contributed by atoms with Crippen molar-refractivity contribution in [1.82, 2.24) is 30.3 Å². The zero-order valence-electron chi connectivity index (χ0n) is 22.4. The maximum atomic E-state index is 14.7. The number of piperazine rings is 1. The first-order chi connectivity index (χ1) is 18.0. The molecule has 3 aliphatic heterocycles. The smallest absolute Gasteiger partial charge is 0.291 e. The number of fused-ring (bicyclic) bond motifs is 2. The van der Waals surface area contributed by atoms with Crippen LogP contribution in [-0.2, 0) is 22.7 Å². The minimum atomic E-state index is -3.11. The fraction of sp³-hybridized carbons (Fsp3) is 0.593. The number of nitrogens with zero attached hydrogens (tertiary/aromatic N) is 6. The van der Waals surface area contributed by atoms with Crippen LogP contribution < -0.4 is 10.2 Å². The number of alkyl halides is 2. The van der Waals surface area contributed by atoms with Gasteiger partial charge in [-0.25, -0.2) is 0 Å². The van der Waals surface area contributed by atoms with Crippen LogP contribution in [0.5, 0.6) is 0 Å². The van der Waals surface area contributed by atoms with Crippen LogP contribution in [0.3, 0.4) is 0 Å². The van der Waals surface area contributed by atoms with Crippen LogP contribution in [-0.4, -0.2) is 81.6 Å². The molecule has 2 aromatic heterocycles. The summed E-state index contributed by atoms with van der Waals surface area (Å²) in [6, 6.07) is 4.98. The molecule has 2 amide bonds. The molecule has 1 saturated heterocycles. The Kier molecular flexibility index (Phi) is 6.93. The molecule has 3 aliphatic rings. The molecule has 11 heteroatoms. The summed E-state index contributed by atoms with van der Waals surface area (Å²) in [6.07, 6.45) is 1.67. The first-order valence-corrected chi connectivity index (χ1v) is 13.3. The predicted molar refractivity (Wildman–Crippen MR) is 138 cm³/mol. The summed E-state index contributed by atoms with van der Waals surface area (Å²) in [7, 11) is 0. The summed E-state index contributed by atoms with van der Waals surface area (Å²) in [5.41, 5.74) is 1.46. The molecule has 5 heterocycles. The molecule has 5 rings (SSSR count). The summed E-state index contributed by atoms with van der Waals surface area (Å²) >= 11 is 0. The minimum absolute atomic E-state index is 0.0488. The quantitative estimate of drug-likeness (QED) is 0.592. The minimum Gasteiger partial charge on any atom is -0.331 e. The molecule has 1 fully saturated rings. The zero-order valence-corrected chi connectivity index (χ0v) is 22.4. The molecule has 0 aromatic carbocycles. The first-order valence-electron chi connectivity index (χ1n) is 13.3. The molecule has 9 nitrogen and oxygen atoms in total. The van der Waals surface area contributed by atoms with Crippen molar-refractivity contribution in [3.8, 4) is 0 Å². The number of nitrogens with one attached hydrogen (secondary N) is 1. The van der Waals surface area contributed by atoms with Crippen LogP contribution in [0.25, 0.3) is 0 Å². The Bertz CT molecular complexity index is 1240. The molecule has 0 saturated carbocycles. The fourth-order valence-corrected chi connectivity index (χ4v) is 5.72. The Hall–Kier alpha value is -3.05. The standard InChI is InChI=1S/C27H35F2N7O2/c1-5-8-27(28,29)22-10-21-24(33-32-22)26(3,4)16-36(21)23(37)15-34-12-17(2)31-11-18(34)13-35-14-20-19(25(35)38)7-6-9-30-20/h6-7,9-10,17-18,31H,5,8,11-16H2,1-4H3/t17-,18-/m1/s1. The van der Waals surface area contributed by atoms with E-state index in [1.807, 2.05) is 13.8 Å². The average Bonchev–Trinajstić information content (AvgIpc) is 3.33. The van der Waals surface area contributed by atoms with Crippen molar-refractivity contribution in [1.29, 1.82) is 0 Å². The van der Waals surface area contributed by atoms with E-state index in [2.05, 4.69) is 32.3 Å². The number of hydrogen-bond donors (Lipinski definition) is 1. The van der Waals surface area contributed by atoms with E-state index in [1.165, 1.54) is 6.07 Å². The van der Waals surface area contributed by atoms with E-state index in [1.54, 1.807) is 35.1 Å². The first kappa shape index (κ1) is 26.6. The van der Waals surface area contributed by atoms with Gasteiger partial charge in [-0.05, 0) is 25.1 Å². The second-order valence-corrected chi connectivity index (χ2v) is 11.4. The number of anilines is 1. The lowest BCUT2D eigenvalue weighted by atomic mass is 9.91. The Balaban J connectivity index is 1.35. The van der Waals surface area contributed by atoms with Gasteiger partial charge in [0.2, 0.25) is 5.91 Å². The van der Waals surface area contributed by atoms with Crippen LogP contribution in [0, 0.1) is 0 Å². The number of carbonyl (C=O) groups excluding carboxylic acids is 2. The number of halogens is 2. The highest BCUT2D eigenvalue weighted by Crippen LogP contribution is 2.42. The van der Waals surface area contributed by atoms with E-state index < -0.39 is 17.0 Å². The normalized spacial score (nSPS) is 23.1. The molecule has 204 valence electrons. The van der Waals surface area contributed by atoms with Crippen LogP contribution in [0.2, 0.25) is 0 Å². The van der Waals surface area contributed by atoms with Crippen LogP contribution in [0.15, 0.2) is 24.4 Å². The van der Waals surface area contributed by atoms with Gasteiger partial charge in [-0.1, -0.05) is 27.2 Å². The van der Waals surface area contributed by atoms with Crippen molar-refractivity contribution in [2.45, 2.75) is 70.5 Å². The Morgan fingerprint density at radius 3 is 2.82 bits per heavy atom. The van der Waals surface area contributed by atoms with E-state index in [4.69, 9.17) is 0 Å². The molecule has 0 radical (unpaired) electrons. The largest absolute Gasteiger partial charge is 0.331 e. The summed E-state index contributed by atoms with van der Waals surface area (Å²) in [5.74, 6) is -3.33. The number of amides is 2. The van der Waals surface area contributed by atoms with Gasteiger partial charge >= 0.3 is 0 Å². The SMILES string of the molecule is CCCC(F)(F)c1cc2c(nn1)C(C)(C)CN2C(=O)CN1C[C@@H](C)NC[C@@H]1CN1Cc2ncccc2C1=O. The van der Waals surface area contributed by atoms with Gasteiger partial charge in [0.25, 0.3) is 11.8 Å². The summed E-state index contributed by atoms with van der Waals surface area (Å²) in [6.45, 7) is 10.3. The average molecular weight is 528 g/mol. The van der Waals surface area contributed by atoms with Crippen molar-refractivity contribution >= 4 is 17.5 Å². The van der Waals surface area contributed by atoms with E-state index in [9.17, 15) is 18.4 Å². The zero-order chi connectivity index (χ0) is 27.2. The third-order valence-corrected chi connectivity index (χ3v) is 7.74. The van der Waals surface area contributed by atoms with Crippen molar-refractivity contribution in [2.24, 2.45) is 0 Å². The summed E-state index contributed by atoms with van der Waals surface area (Å²) < 4.78 is 29.4. The van der Waals surface area contributed by atoms with Gasteiger partial charge in [0.1, 0.15) is 5.69 Å². The second kappa shape index (κ2) is 9.92. The van der Waals surface area contributed by atoms with Gasteiger partial charge in [-0.2, -0.15) is 13.9 Å². The highest BCUT2D eigenvalue weighted by Gasteiger charge is 2.44. The molecule has 0 spiro atoms. The lowest BCUT2D eigenvalue weighted by molar-refractivity contribution is -0.120. The van der Waals surface area contributed by atoms with Gasteiger partial charge in [-0.15, -0.1) is 5.10 Å². The topological polar surface area (TPSA) is 94.6 Å². The lowest BCUT2D eigenvalue weighted by Crippen LogP contribution is -2.60. The maximum absolute atomic E-state index is 14.7. The highest BCUT2D eigenvalue weighted by atomic mass is 19.3. The van der Waals surface area contributed by atoms with Crippen molar-refractivity contribution in [3.63, 3.8) is 0 Å². The van der Waals surface area contributed by atoms with Gasteiger partial charge in [-0.3, -0.25) is 19.5 Å². The molecular weight excluding hydrogens is 492 g/mol. The Morgan fingerprint density at radius 1 is 1.29 bits per heavy atom. The molecule has 38 heavy (non-hydrogen) atoms. The fourth-order valence-electron chi connectivity index (χ4n) is 5.72. The molecule has 2 aromatic rings. The van der Waals surface area contributed by atoms with Gasteiger partial charge < -0.3 is 15.1 Å². The number of aromatic nitrogens is 3. The van der Waals surface area contributed by atoms with Crippen molar-refractivity contribution in [3.05, 3.63) is 47.0 Å². The van der Waals surface area contributed by atoms with Gasteiger partial charge in [0.15, 0.2) is 0 Å². The number of carbonyl (C=O) groups is 2. The predicted octanol–water partition coefficient (Wildman–Crippen LogP) is 2.71. The Labute approximate surface area is 221 Å². The van der Waals surface area contributed by atoms with E-state index >= 15 is 0 Å². The highest BCUT2D eigenvalue weighted by molar-refractivity contribution is 5.98. The molecule has 0 bridgehead atoms. The molecule has 2 atom stereocenters. The lowest BCUT2D eigenvalue weighted by Gasteiger charge is -2.41. The monoisotopic (exact) mass is 527 g/mol. The van der Waals surface area contributed by atoms with Crippen LogP contribution in [0.4, 0.5) is 14.5 Å². The van der Waals surface area contributed by atoms with Crippen LogP contribution >= 0.6 is 0 Å². The van der Waals surface area contributed by atoms with Crippen molar-refractivity contribution in [2.75, 3.05) is 37.6 Å². The van der Waals surface area contributed by atoms with E-state index in [0.29, 0.717) is 56.1 Å².